The minimum absolute atomic E-state index is 0.272. The second-order valence-corrected chi connectivity index (χ2v) is 11.3. The van der Waals surface area contributed by atoms with Gasteiger partial charge in [0, 0.05) is 5.69 Å². The molecule has 0 unspecified atom stereocenters. The molecule has 4 N–H and O–H groups in total. The summed E-state index contributed by atoms with van der Waals surface area (Å²) in [6, 6.07) is 0. The Hall–Kier alpha value is -3.41. The molecular formula is C37H54N4O2. The van der Waals surface area contributed by atoms with Gasteiger partial charge in [-0.05, 0) is 109 Å². The lowest BCUT2D eigenvalue weighted by molar-refractivity contribution is 0.0519. The molecule has 0 aliphatic heterocycles. The van der Waals surface area contributed by atoms with Crippen LogP contribution in [0.2, 0.25) is 0 Å². The maximum Gasteiger partial charge on any atom is 0.355 e. The second-order valence-electron chi connectivity index (χ2n) is 11.3. The van der Waals surface area contributed by atoms with E-state index in [4.69, 9.17) is 4.74 Å². The van der Waals surface area contributed by atoms with Crippen LogP contribution in [0.1, 0.15) is 130 Å². The first-order valence-electron chi connectivity index (χ1n) is 16.9. The van der Waals surface area contributed by atoms with Crippen molar-refractivity contribution >= 4 is 5.97 Å². The summed E-state index contributed by atoms with van der Waals surface area (Å²) >= 11 is 0. The highest BCUT2D eigenvalue weighted by atomic mass is 16.5. The number of carbonyl (C=O) groups excluding carboxylic acids is 1. The first-order valence-corrected chi connectivity index (χ1v) is 16.9. The monoisotopic (exact) mass is 586 g/mol. The van der Waals surface area contributed by atoms with Gasteiger partial charge in [0.15, 0.2) is 0 Å². The summed E-state index contributed by atoms with van der Waals surface area (Å²) < 4.78 is 5.45. The minimum Gasteiger partial charge on any atom is -0.461 e. The van der Waals surface area contributed by atoms with Gasteiger partial charge in [-0.15, -0.1) is 0 Å². The highest BCUT2D eigenvalue weighted by Gasteiger charge is 2.29. The van der Waals surface area contributed by atoms with Crippen LogP contribution in [0.4, 0.5) is 0 Å². The molecule has 0 saturated carbocycles. The molecule has 0 aromatic carbocycles. The zero-order chi connectivity index (χ0) is 31.4. The van der Waals surface area contributed by atoms with Crippen molar-refractivity contribution in [2.75, 3.05) is 6.61 Å². The van der Waals surface area contributed by atoms with E-state index in [-0.39, 0.29) is 5.97 Å². The standard InChI is InChI=1S/C37H54N4O2/c1-11-21-22(12-2)30(38-29(21)19-9)31-23(13-3)24(14-4)32(39-31)33-25(15-5)26(16-6)34(40-33)35-27(17-7)28(18-8)36(41-35)37(42)43-20-10/h38-41H,11-20H2,1-10H3. The van der Waals surface area contributed by atoms with Crippen molar-refractivity contribution < 1.29 is 9.53 Å². The van der Waals surface area contributed by atoms with E-state index in [1.807, 2.05) is 6.92 Å². The maximum absolute atomic E-state index is 13.0. The zero-order valence-electron chi connectivity index (χ0n) is 28.4. The number of H-pyrrole nitrogens is 4. The number of esters is 1. The Kier molecular flexibility index (Phi) is 10.5. The van der Waals surface area contributed by atoms with Gasteiger partial charge in [0.1, 0.15) is 5.69 Å². The summed E-state index contributed by atoms with van der Waals surface area (Å²) in [7, 11) is 0. The zero-order valence-corrected chi connectivity index (χ0v) is 28.4. The minimum atomic E-state index is -0.272. The molecule has 0 saturated heterocycles. The summed E-state index contributed by atoms with van der Waals surface area (Å²) in [4.78, 5) is 28.3. The Morgan fingerprint density at radius 2 is 0.744 bits per heavy atom. The normalized spacial score (nSPS) is 11.6. The number of hydrogen-bond donors (Lipinski definition) is 4. The predicted octanol–water partition coefficient (Wildman–Crippen LogP) is 9.24. The van der Waals surface area contributed by atoms with Crippen LogP contribution in [0.25, 0.3) is 34.2 Å². The summed E-state index contributed by atoms with van der Waals surface area (Å²) in [5.41, 5.74) is 19.6. The van der Waals surface area contributed by atoms with Crippen LogP contribution in [0.15, 0.2) is 0 Å². The molecule has 6 heteroatoms. The third-order valence-electron chi connectivity index (χ3n) is 9.37. The van der Waals surface area contributed by atoms with Crippen molar-refractivity contribution in [1.29, 1.82) is 0 Å². The predicted molar refractivity (Wildman–Crippen MR) is 181 cm³/mol. The summed E-state index contributed by atoms with van der Waals surface area (Å²) in [6.07, 6.45) is 8.42. The lowest BCUT2D eigenvalue weighted by Crippen LogP contribution is -2.08. The molecule has 0 radical (unpaired) electrons. The van der Waals surface area contributed by atoms with Crippen LogP contribution in [-0.2, 0) is 62.5 Å². The highest BCUT2D eigenvalue weighted by Crippen LogP contribution is 2.42. The third kappa shape index (κ3) is 5.42. The molecule has 0 atom stereocenters. The SMILES string of the molecule is CCOC(=O)c1[nH]c(-c2[nH]c(-c3[nH]c(-c4[nH]c(CC)c(CC)c4CC)c(CC)c3CC)c(CC)c2CC)c(CC)c1CC. The van der Waals surface area contributed by atoms with Gasteiger partial charge in [0.05, 0.1) is 40.8 Å². The number of aromatic nitrogens is 4. The van der Waals surface area contributed by atoms with Crippen LogP contribution in [-0.4, -0.2) is 32.5 Å². The molecule has 0 fully saturated rings. The van der Waals surface area contributed by atoms with Gasteiger partial charge in [-0.25, -0.2) is 4.79 Å². The smallest absolute Gasteiger partial charge is 0.355 e. The summed E-state index contributed by atoms with van der Waals surface area (Å²) in [5, 5.41) is 0. The van der Waals surface area contributed by atoms with Crippen LogP contribution in [0.5, 0.6) is 0 Å². The number of nitrogens with one attached hydrogen (secondary N) is 4. The van der Waals surface area contributed by atoms with E-state index in [9.17, 15) is 4.79 Å². The molecule has 0 bridgehead atoms. The third-order valence-corrected chi connectivity index (χ3v) is 9.37. The number of carbonyl (C=O) groups is 1. The number of aromatic amines is 4. The van der Waals surface area contributed by atoms with Crippen molar-refractivity contribution in [2.45, 2.75) is 127 Å². The van der Waals surface area contributed by atoms with E-state index in [1.165, 1.54) is 67.4 Å². The molecule has 0 aliphatic rings. The van der Waals surface area contributed by atoms with Crippen molar-refractivity contribution in [3.05, 3.63) is 55.9 Å². The fraction of sp³-hybridized carbons (Fsp3) is 0.541. The van der Waals surface area contributed by atoms with Gasteiger partial charge in [-0.2, -0.15) is 0 Å². The van der Waals surface area contributed by atoms with E-state index < -0.39 is 0 Å². The van der Waals surface area contributed by atoms with Crippen LogP contribution >= 0.6 is 0 Å². The van der Waals surface area contributed by atoms with Gasteiger partial charge < -0.3 is 24.7 Å². The average Bonchev–Trinajstić information content (AvgIpc) is 3.78. The second kappa shape index (κ2) is 13.9. The summed E-state index contributed by atoms with van der Waals surface area (Å²) in [5.74, 6) is -0.272. The number of ether oxygens (including phenoxy) is 1. The Bertz CT molecular complexity index is 1570. The lowest BCUT2D eigenvalue weighted by Gasteiger charge is -2.07. The van der Waals surface area contributed by atoms with Gasteiger partial charge in [0.25, 0.3) is 0 Å². The van der Waals surface area contributed by atoms with Crippen LogP contribution in [0.3, 0.4) is 0 Å². The largest absolute Gasteiger partial charge is 0.461 e. The Balaban J connectivity index is 2.02. The van der Waals surface area contributed by atoms with Crippen LogP contribution in [0, 0.1) is 0 Å². The fourth-order valence-electron chi connectivity index (χ4n) is 7.49. The Morgan fingerprint density at radius 1 is 0.419 bits per heavy atom. The van der Waals surface area contributed by atoms with Gasteiger partial charge in [-0.3, -0.25) is 0 Å². The maximum atomic E-state index is 13.0. The summed E-state index contributed by atoms with van der Waals surface area (Å²) in [6.45, 7) is 22.3. The quantitative estimate of drug-likeness (QED) is 0.111. The Morgan fingerprint density at radius 3 is 1.09 bits per heavy atom. The molecule has 4 aromatic rings. The molecular weight excluding hydrogens is 532 g/mol. The van der Waals surface area contributed by atoms with Gasteiger partial charge in [0.2, 0.25) is 0 Å². The van der Waals surface area contributed by atoms with E-state index in [2.05, 4.69) is 82.2 Å². The lowest BCUT2D eigenvalue weighted by atomic mass is 9.95. The molecule has 4 heterocycles. The first-order chi connectivity index (χ1) is 20.8. The number of hydrogen-bond acceptors (Lipinski definition) is 2. The fourth-order valence-corrected chi connectivity index (χ4v) is 7.49. The van der Waals surface area contributed by atoms with E-state index in [0.717, 1.165) is 74.7 Å². The topological polar surface area (TPSA) is 89.5 Å². The molecule has 0 amide bonds. The van der Waals surface area contributed by atoms with Crippen molar-refractivity contribution in [3.63, 3.8) is 0 Å². The molecule has 0 aliphatic carbocycles. The van der Waals surface area contributed by atoms with Crippen molar-refractivity contribution in [1.82, 2.24) is 19.9 Å². The Labute approximate surface area is 258 Å². The number of rotatable bonds is 14. The van der Waals surface area contributed by atoms with Gasteiger partial charge in [-0.1, -0.05) is 62.3 Å². The van der Waals surface area contributed by atoms with Crippen molar-refractivity contribution in [2.24, 2.45) is 0 Å². The van der Waals surface area contributed by atoms with E-state index in [0.29, 0.717) is 12.3 Å². The molecule has 234 valence electrons. The molecule has 43 heavy (non-hydrogen) atoms. The highest BCUT2D eigenvalue weighted by molar-refractivity contribution is 5.92. The number of aryl methyl sites for hydroxylation is 1. The molecule has 4 aromatic heterocycles. The molecule has 0 spiro atoms. The molecule has 6 nitrogen and oxygen atoms in total. The van der Waals surface area contributed by atoms with E-state index in [1.54, 1.807) is 0 Å². The molecule has 4 rings (SSSR count). The first kappa shape index (κ1) is 32.5. The van der Waals surface area contributed by atoms with Crippen molar-refractivity contribution in [3.8, 4) is 34.2 Å². The van der Waals surface area contributed by atoms with E-state index >= 15 is 0 Å². The van der Waals surface area contributed by atoms with Gasteiger partial charge >= 0.3 is 5.97 Å². The average molecular weight is 587 g/mol. The van der Waals surface area contributed by atoms with Crippen LogP contribution < -0.4 is 0 Å².